The summed E-state index contributed by atoms with van der Waals surface area (Å²) in [6.45, 7) is 2.13. The number of hydrogen-bond donors (Lipinski definition) is 1. The lowest BCUT2D eigenvalue weighted by molar-refractivity contribution is -0.148. The first-order valence-corrected chi connectivity index (χ1v) is 6.64. The molecule has 1 aromatic rings. The third kappa shape index (κ3) is 2.68. The fourth-order valence-electron chi connectivity index (χ4n) is 2.77. The number of aromatic nitrogens is 1. The van der Waals surface area contributed by atoms with Crippen LogP contribution in [0.1, 0.15) is 31.7 Å². The summed E-state index contributed by atoms with van der Waals surface area (Å²) in [6, 6.07) is 1.96. The summed E-state index contributed by atoms with van der Waals surface area (Å²) in [7, 11) is 0. The van der Waals surface area contributed by atoms with Crippen LogP contribution in [0.3, 0.4) is 0 Å². The predicted molar refractivity (Wildman–Crippen MR) is 68.7 cm³/mol. The van der Waals surface area contributed by atoms with Gasteiger partial charge in [0.2, 0.25) is 0 Å². The fourth-order valence-corrected chi connectivity index (χ4v) is 3.18. The predicted octanol–water partition coefficient (Wildman–Crippen LogP) is 3.28. The van der Waals surface area contributed by atoms with Crippen molar-refractivity contribution in [2.45, 2.75) is 32.6 Å². The van der Waals surface area contributed by atoms with Gasteiger partial charge >= 0.3 is 5.97 Å². The average molecular weight is 298 g/mol. The van der Waals surface area contributed by atoms with Crippen molar-refractivity contribution in [1.29, 1.82) is 0 Å². The van der Waals surface area contributed by atoms with Crippen LogP contribution in [-0.4, -0.2) is 16.1 Å². The third-order valence-corrected chi connectivity index (χ3v) is 4.05. The lowest BCUT2D eigenvalue weighted by Crippen LogP contribution is -2.30. The molecule has 1 aliphatic rings. The Morgan fingerprint density at radius 1 is 1.65 bits per heavy atom. The van der Waals surface area contributed by atoms with Gasteiger partial charge in [-0.05, 0) is 59.2 Å². The Hall–Kier alpha value is -0.900. The van der Waals surface area contributed by atoms with E-state index < -0.39 is 11.4 Å². The molecule has 1 aromatic heterocycles. The van der Waals surface area contributed by atoms with E-state index in [4.69, 9.17) is 0 Å². The Bertz CT molecular complexity index is 435. The van der Waals surface area contributed by atoms with E-state index in [1.807, 2.05) is 6.07 Å². The average Bonchev–Trinajstić information content (AvgIpc) is 2.61. The maximum Gasteiger partial charge on any atom is 0.309 e. The number of aliphatic carboxylic acids is 1. The van der Waals surface area contributed by atoms with Crippen LogP contribution < -0.4 is 0 Å². The van der Waals surface area contributed by atoms with Crippen molar-refractivity contribution in [1.82, 2.24) is 4.98 Å². The van der Waals surface area contributed by atoms with Crippen molar-refractivity contribution >= 4 is 21.9 Å². The number of carboxylic acids is 1. The van der Waals surface area contributed by atoms with E-state index in [1.165, 1.54) is 0 Å². The van der Waals surface area contributed by atoms with Crippen molar-refractivity contribution in [3.63, 3.8) is 0 Å². The standard InChI is InChI=1S/C13H16BrNO2/c1-9-2-3-13(5-9,12(16)17)6-10-4-11(14)8-15-7-10/h4,7-9H,2-3,5-6H2,1H3,(H,16,17). The molecule has 2 unspecified atom stereocenters. The molecule has 1 saturated carbocycles. The molecule has 2 rings (SSSR count). The largest absolute Gasteiger partial charge is 0.481 e. The van der Waals surface area contributed by atoms with E-state index in [-0.39, 0.29) is 0 Å². The molecular weight excluding hydrogens is 282 g/mol. The maximum atomic E-state index is 11.5. The molecule has 92 valence electrons. The molecule has 3 nitrogen and oxygen atoms in total. The maximum absolute atomic E-state index is 11.5. The van der Waals surface area contributed by atoms with Crippen LogP contribution in [0.25, 0.3) is 0 Å². The Kier molecular flexibility index (Phi) is 3.52. The number of halogens is 1. The molecule has 1 aliphatic carbocycles. The van der Waals surface area contributed by atoms with E-state index in [0.29, 0.717) is 12.3 Å². The monoisotopic (exact) mass is 297 g/mol. The molecule has 0 bridgehead atoms. The minimum Gasteiger partial charge on any atom is -0.481 e. The molecule has 1 N–H and O–H groups in total. The first kappa shape index (κ1) is 12.6. The van der Waals surface area contributed by atoms with Crippen molar-refractivity contribution < 1.29 is 9.90 Å². The first-order chi connectivity index (χ1) is 8.02. The molecule has 2 atom stereocenters. The Labute approximate surface area is 109 Å². The van der Waals surface area contributed by atoms with Gasteiger partial charge in [0.1, 0.15) is 0 Å². The molecule has 0 saturated heterocycles. The summed E-state index contributed by atoms with van der Waals surface area (Å²) in [5.41, 5.74) is 0.415. The molecule has 0 spiro atoms. The van der Waals surface area contributed by atoms with Crippen molar-refractivity contribution in [3.8, 4) is 0 Å². The smallest absolute Gasteiger partial charge is 0.309 e. The first-order valence-electron chi connectivity index (χ1n) is 5.85. The molecule has 1 heterocycles. The van der Waals surface area contributed by atoms with E-state index in [9.17, 15) is 9.90 Å². The van der Waals surface area contributed by atoms with Gasteiger partial charge in [-0.15, -0.1) is 0 Å². The molecule has 1 fully saturated rings. The number of hydrogen-bond acceptors (Lipinski definition) is 2. The molecule has 0 aromatic carbocycles. The van der Waals surface area contributed by atoms with Crippen LogP contribution in [0.2, 0.25) is 0 Å². The highest BCUT2D eigenvalue weighted by molar-refractivity contribution is 9.10. The highest BCUT2D eigenvalue weighted by Crippen LogP contribution is 2.44. The zero-order valence-corrected chi connectivity index (χ0v) is 11.4. The quantitative estimate of drug-likeness (QED) is 0.931. The second-order valence-electron chi connectivity index (χ2n) is 5.12. The van der Waals surface area contributed by atoms with Gasteiger partial charge in [0.05, 0.1) is 5.41 Å². The van der Waals surface area contributed by atoms with E-state index >= 15 is 0 Å². The van der Waals surface area contributed by atoms with Gasteiger partial charge < -0.3 is 5.11 Å². The summed E-state index contributed by atoms with van der Waals surface area (Å²) in [4.78, 5) is 15.6. The minimum atomic E-state index is -0.665. The Balaban J connectivity index is 2.22. The normalized spacial score (nSPS) is 28.2. The van der Waals surface area contributed by atoms with Crippen LogP contribution in [-0.2, 0) is 11.2 Å². The Morgan fingerprint density at radius 2 is 2.41 bits per heavy atom. The van der Waals surface area contributed by atoms with Crippen molar-refractivity contribution in [2.75, 3.05) is 0 Å². The molecule has 0 amide bonds. The van der Waals surface area contributed by atoms with Gasteiger partial charge in [-0.2, -0.15) is 0 Å². The van der Waals surface area contributed by atoms with Crippen LogP contribution in [0.4, 0.5) is 0 Å². The number of pyridine rings is 1. The van der Waals surface area contributed by atoms with Gasteiger partial charge in [0.15, 0.2) is 0 Å². The zero-order chi connectivity index (χ0) is 12.5. The highest BCUT2D eigenvalue weighted by Gasteiger charge is 2.44. The molecule has 0 aliphatic heterocycles. The van der Waals surface area contributed by atoms with Gasteiger partial charge in [-0.25, -0.2) is 0 Å². The number of rotatable bonds is 3. The van der Waals surface area contributed by atoms with Crippen molar-refractivity contribution in [3.05, 3.63) is 28.5 Å². The lowest BCUT2D eigenvalue weighted by atomic mass is 9.80. The van der Waals surface area contributed by atoms with Crippen LogP contribution in [0.15, 0.2) is 22.9 Å². The molecular formula is C13H16BrNO2. The SMILES string of the molecule is CC1CCC(Cc2cncc(Br)c2)(C(=O)O)C1. The summed E-state index contributed by atoms with van der Waals surface area (Å²) in [5, 5.41) is 9.48. The molecule has 4 heteroatoms. The van der Waals surface area contributed by atoms with Crippen LogP contribution in [0, 0.1) is 11.3 Å². The summed E-state index contributed by atoms with van der Waals surface area (Å²) in [6.07, 6.45) is 6.62. The zero-order valence-electron chi connectivity index (χ0n) is 9.82. The van der Waals surface area contributed by atoms with E-state index in [1.54, 1.807) is 12.4 Å². The lowest BCUT2D eigenvalue weighted by Gasteiger charge is -2.24. The topological polar surface area (TPSA) is 50.2 Å². The van der Waals surface area contributed by atoms with Crippen LogP contribution in [0.5, 0.6) is 0 Å². The highest BCUT2D eigenvalue weighted by atomic mass is 79.9. The Morgan fingerprint density at radius 3 is 2.94 bits per heavy atom. The van der Waals surface area contributed by atoms with Gasteiger partial charge in [0.25, 0.3) is 0 Å². The fraction of sp³-hybridized carbons (Fsp3) is 0.538. The van der Waals surface area contributed by atoms with Crippen molar-refractivity contribution in [2.24, 2.45) is 11.3 Å². The van der Waals surface area contributed by atoms with E-state index in [0.717, 1.165) is 29.3 Å². The summed E-state index contributed by atoms with van der Waals surface area (Å²) < 4.78 is 0.904. The van der Waals surface area contributed by atoms with Gasteiger partial charge in [-0.1, -0.05) is 6.92 Å². The number of nitrogens with zero attached hydrogens (tertiary/aromatic N) is 1. The molecule has 0 radical (unpaired) electrons. The molecule has 17 heavy (non-hydrogen) atoms. The van der Waals surface area contributed by atoms with E-state index in [2.05, 4.69) is 27.8 Å². The van der Waals surface area contributed by atoms with Crippen LogP contribution >= 0.6 is 15.9 Å². The van der Waals surface area contributed by atoms with Gasteiger partial charge in [-0.3, -0.25) is 9.78 Å². The number of carboxylic acid groups (broad SMARTS) is 1. The second kappa shape index (κ2) is 4.77. The number of carbonyl (C=O) groups is 1. The minimum absolute atomic E-state index is 0.506. The summed E-state index contributed by atoms with van der Waals surface area (Å²) >= 11 is 3.37. The second-order valence-corrected chi connectivity index (χ2v) is 6.04. The van der Waals surface area contributed by atoms with Gasteiger partial charge in [0, 0.05) is 16.9 Å². The summed E-state index contributed by atoms with van der Waals surface area (Å²) in [5.74, 6) is -0.159. The third-order valence-electron chi connectivity index (χ3n) is 3.61.